The fourth-order valence-corrected chi connectivity index (χ4v) is 11.5. The van der Waals surface area contributed by atoms with Crippen molar-refractivity contribution >= 4 is 5.91 Å². The van der Waals surface area contributed by atoms with Crippen molar-refractivity contribution < 1.29 is 39.8 Å². The quantitative estimate of drug-likeness (QED) is 0.0261. The van der Waals surface area contributed by atoms with Gasteiger partial charge in [-0.15, -0.1) is 0 Å². The topological polar surface area (TPSA) is 149 Å². The minimum atomic E-state index is -1.57. The summed E-state index contributed by atoms with van der Waals surface area (Å²) in [4.78, 5) is 13.2. The van der Waals surface area contributed by atoms with Crippen LogP contribution in [0.3, 0.4) is 0 Å². The Morgan fingerprint density at radius 3 is 1.07 bits per heavy atom. The maximum Gasteiger partial charge on any atom is 0.220 e. The molecule has 0 spiro atoms. The molecule has 1 aliphatic rings. The summed E-state index contributed by atoms with van der Waals surface area (Å²) in [7, 11) is 0. The van der Waals surface area contributed by atoms with E-state index in [4.69, 9.17) is 9.47 Å². The first-order chi connectivity index (χ1) is 42.3. The van der Waals surface area contributed by atoms with Gasteiger partial charge in [-0.25, -0.2) is 0 Å². The number of hydrogen-bond acceptors (Lipinski definition) is 8. The van der Waals surface area contributed by atoms with E-state index in [9.17, 15) is 30.3 Å². The zero-order chi connectivity index (χ0) is 62.1. The van der Waals surface area contributed by atoms with Gasteiger partial charge in [0.2, 0.25) is 5.91 Å². The number of allylic oxidation sites excluding steroid dienone is 13. The molecule has 9 heteroatoms. The van der Waals surface area contributed by atoms with Gasteiger partial charge in [0.05, 0.1) is 25.4 Å². The number of aliphatic hydroxyl groups excluding tert-OH is 5. The lowest BCUT2D eigenvalue weighted by Gasteiger charge is -2.40. The molecule has 1 aliphatic heterocycles. The molecule has 6 N–H and O–H groups in total. The zero-order valence-electron chi connectivity index (χ0n) is 56.1. The molecule has 0 radical (unpaired) electrons. The number of nitrogens with one attached hydrogen (secondary N) is 1. The van der Waals surface area contributed by atoms with Crippen molar-refractivity contribution in [3.05, 3.63) is 85.1 Å². The molecule has 1 fully saturated rings. The van der Waals surface area contributed by atoms with Gasteiger partial charge in [0.15, 0.2) is 6.29 Å². The van der Waals surface area contributed by atoms with Crippen LogP contribution < -0.4 is 5.32 Å². The Morgan fingerprint density at radius 2 is 0.721 bits per heavy atom. The average molecular weight is 1210 g/mol. The predicted octanol–water partition coefficient (Wildman–Crippen LogP) is 20.5. The molecule has 1 heterocycles. The largest absolute Gasteiger partial charge is 0.394 e. The number of amides is 1. The van der Waals surface area contributed by atoms with Gasteiger partial charge in [-0.1, -0.05) is 349 Å². The van der Waals surface area contributed by atoms with Crippen molar-refractivity contribution in [2.45, 2.75) is 384 Å². The minimum absolute atomic E-state index is 0.175. The number of carbonyl (C=O) groups excluding carboxylic acids is 1. The number of unbranched alkanes of at least 4 members (excludes halogenated alkanes) is 42. The molecule has 500 valence electrons. The lowest BCUT2D eigenvalue weighted by atomic mass is 9.99. The summed E-state index contributed by atoms with van der Waals surface area (Å²) in [6, 6.07) is -0.811. The Kier molecular flexibility index (Phi) is 61.8. The molecule has 0 aromatic rings. The molecule has 1 rings (SSSR count). The third-order valence-corrected chi connectivity index (χ3v) is 17.2. The van der Waals surface area contributed by atoms with Crippen LogP contribution in [0.1, 0.15) is 341 Å². The Balaban J connectivity index is 2.12. The van der Waals surface area contributed by atoms with E-state index in [-0.39, 0.29) is 12.5 Å². The monoisotopic (exact) mass is 1210 g/mol. The lowest BCUT2D eigenvalue weighted by Crippen LogP contribution is -2.60. The van der Waals surface area contributed by atoms with Gasteiger partial charge in [-0.2, -0.15) is 0 Å². The van der Waals surface area contributed by atoms with Gasteiger partial charge < -0.3 is 40.3 Å². The summed E-state index contributed by atoms with van der Waals surface area (Å²) >= 11 is 0. The SMILES string of the molecule is CC/C=C\C/C=C\C/C=C\C/C=C\C/C=C\C/C=C\CCCCCCCCCCCCCCCCC(=O)NC(COC1OC(CO)C(O)C(O)C1O)C(O)/C=C/CCCCCCCCCCCCCCCCCCCCCCCCCCCCCC. The minimum Gasteiger partial charge on any atom is -0.394 e. The smallest absolute Gasteiger partial charge is 0.220 e. The summed E-state index contributed by atoms with van der Waals surface area (Å²) in [5.74, 6) is -0.175. The van der Waals surface area contributed by atoms with E-state index in [1.165, 1.54) is 244 Å². The van der Waals surface area contributed by atoms with Crippen LogP contribution in [0.4, 0.5) is 0 Å². The van der Waals surface area contributed by atoms with Gasteiger partial charge in [0, 0.05) is 6.42 Å². The highest BCUT2D eigenvalue weighted by Gasteiger charge is 2.44. The van der Waals surface area contributed by atoms with Crippen LogP contribution >= 0.6 is 0 Å². The van der Waals surface area contributed by atoms with Gasteiger partial charge in [-0.05, 0) is 70.6 Å². The highest BCUT2D eigenvalue weighted by Crippen LogP contribution is 2.23. The standard InChI is InChI=1S/C77H139NO8/c1-3-5-7-9-11-13-15-17-19-21-23-25-27-29-31-33-35-36-37-39-41-43-45-47-49-51-53-55-57-59-61-63-65-67-73(81)78-70(69-85-77-76(84)75(83)74(82)72(68-79)86-77)71(80)66-64-62-60-58-56-54-52-50-48-46-44-42-40-38-34-32-30-28-26-24-22-20-18-16-14-12-10-8-6-4-2/h5,7,11,13,17,19,23,25,29,31,35-36,64,66,70-72,74-77,79-80,82-84H,3-4,6,8-10,12,14-16,18,20-22,24,26-28,30,32-34,37-63,65,67-69H2,1-2H3,(H,78,81)/b7-5-,13-11-,19-17-,25-23-,31-29-,36-35-,66-64+. The van der Waals surface area contributed by atoms with Crippen molar-refractivity contribution in [3.63, 3.8) is 0 Å². The normalized spacial score (nSPS) is 18.5. The first kappa shape index (κ1) is 81.4. The van der Waals surface area contributed by atoms with Gasteiger partial charge >= 0.3 is 0 Å². The molecule has 7 unspecified atom stereocenters. The third kappa shape index (κ3) is 53.2. The van der Waals surface area contributed by atoms with Crippen LogP contribution in [0.25, 0.3) is 0 Å². The van der Waals surface area contributed by atoms with Crippen LogP contribution in [0.5, 0.6) is 0 Å². The molecule has 0 bridgehead atoms. The molecule has 0 aromatic heterocycles. The molecule has 1 saturated heterocycles. The second-order valence-electron chi connectivity index (χ2n) is 25.4. The molecule has 1 amide bonds. The molecule has 9 nitrogen and oxygen atoms in total. The fourth-order valence-electron chi connectivity index (χ4n) is 11.5. The zero-order valence-corrected chi connectivity index (χ0v) is 56.1. The van der Waals surface area contributed by atoms with Crippen molar-refractivity contribution in [2.75, 3.05) is 13.2 Å². The third-order valence-electron chi connectivity index (χ3n) is 17.2. The number of ether oxygens (including phenoxy) is 2. The van der Waals surface area contributed by atoms with Crippen LogP contribution in [0.15, 0.2) is 85.1 Å². The van der Waals surface area contributed by atoms with Crippen LogP contribution in [-0.4, -0.2) is 87.5 Å². The summed E-state index contributed by atoms with van der Waals surface area (Å²) in [5.41, 5.74) is 0. The van der Waals surface area contributed by atoms with Gasteiger partial charge in [0.1, 0.15) is 24.4 Å². The summed E-state index contributed by atoms with van der Waals surface area (Å²) < 4.78 is 11.3. The van der Waals surface area contributed by atoms with Crippen molar-refractivity contribution in [1.29, 1.82) is 0 Å². The summed E-state index contributed by atoms with van der Waals surface area (Å²) in [5, 5.41) is 54.8. The molecule has 0 aromatic carbocycles. The molecule has 0 saturated carbocycles. The first-order valence-electron chi connectivity index (χ1n) is 36.8. The molecule has 0 aliphatic carbocycles. The Morgan fingerprint density at radius 1 is 0.407 bits per heavy atom. The van der Waals surface area contributed by atoms with E-state index in [2.05, 4.69) is 92.1 Å². The van der Waals surface area contributed by atoms with E-state index in [1.807, 2.05) is 6.08 Å². The number of rotatable bonds is 64. The van der Waals surface area contributed by atoms with Crippen molar-refractivity contribution in [2.24, 2.45) is 0 Å². The maximum absolute atomic E-state index is 13.2. The highest BCUT2D eigenvalue weighted by atomic mass is 16.7. The highest BCUT2D eigenvalue weighted by molar-refractivity contribution is 5.76. The van der Waals surface area contributed by atoms with E-state index in [0.717, 1.165) is 77.0 Å². The number of carbonyl (C=O) groups is 1. The van der Waals surface area contributed by atoms with Crippen LogP contribution in [0, 0.1) is 0 Å². The van der Waals surface area contributed by atoms with Crippen LogP contribution in [0.2, 0.25) is 0 Å². The van der Waals surface area contributed by atoms with Crippen molar-refractivity contribution in [3.8, 4) is 0 Å². The molecular formula is C77H139NO8. The predicted molar refractivity (Wildman–Crippen MR) is 368 cm³/mol. The van der Waals surface area contributed by atoms with E-state index in [1.54, 1.807) is 6.08 Å². The number of hydrogen-bond donors (Lipinski definition) is 6. The van der Waals surface area contributed by atoms with Crippen molar-refractivity contribution in [1.82, 2.24) is 5.32 Å². The summed E-state index contributed by atoms with van der Waals surface area (Å²) in [6.07, 6.45) is 86.9. The van der Waals surface area contributed by atoms with Gasteiger partial charge in [0.25, 0.3) is 0 Å². The fraction of sp³-hybridized carbons (Fsp3) is 0.805. The van der Waals surface area contributed by atoms with Gasteiger partial charge in [-0.3, -0.25) is 4.79 Å². The first-order valence-corrected chi connectivity index (χ1v) is 36.8. The molecule has 7 atom stereocenters. The Bertz CT molecular complexity index is 1640. The second-order valence-corrected chi connectivity index (χ2v) is 25.4. The molecule has 86 heavy (non-hydrogen) atoms. The second kappa shape index (κ2) is 65.3. The van der Waals surface area contributed by atoms with Crippen LogP contribution in [-0.2, 0) is 14.3 Å². The number of aliphatic hydroxyl groups is 5. The Labute approximate surface area is 531 Å². The lowest BCUT2D eigenvalue weighted by molar-refractivity contribution is -0.302. The maximum atomic E-state index is 13.2. The molecular weight excluding hydrogens is 1070 g/mol. The summed E-state index contributed by atoms with van der Waals surface area (Å²) in [6.45, 7) is 3.71. The Hall–Kier alpha value is -2.63. The van der Waals surface area contributed by atoms with E-state index >= 15 is 0 Å². The van der Waals surface area contributed by atoms with E-state index in [0.29, 0.717) is 6.42 Å². The average Bonchev–Trinajstić information content (AvgIpc) is 2.60. The van der Waals surface area contributed by atoms with E-state index < -0.39 is 49.5 Å².